The van der Waals surface area contributed by atoms with Gasteiger partial charge in [-0.25, -0.2) is 0 Å². The number of benzene rings is 2. The highest BCUT2D eigenvalue weighted by atomic mass is 79.9. The first kappa shape index (κ1) is 30.8. The monoisotopic (exact) mass is 975 g/mol. The Morgan fingerprint density at radius 2 is 0.588 bits per heavy atom. The van der Waals surface area contributed by atoms with Crippen LogP contribution in [0.15, 0.2) is 35.8 Å². The average Bonchev–Trinajstić information content (AvgIpc) is 3.27. The molecule has 14 heteroatoms. The largest absolute Gasteiger partial charge is 0.288 e. The third kappa shape index (κ3) is 5.99. The summed E-state index contributed by atoms with van der Waals surface area (Å²) in [5.74, 6) is -1.57. The molecule has 2 N–H and O–H groups in total. The summed E-state index contributed by atoms with van der Waals surface area (Å²) in [7, 11) is 0. The van der Waals surface area contributed by atoms with Gasteiger partial charge in [0.1, 0.15) is 0 Å². The molecule has 6 nitrogen and oxygen atoms in total. The van der Waals surface area contributed by atoms with Crippen molar-refractivity contribution in [1.82, 2.24) is 10.6 Å². The van der Waals surface area contributed by atoms with Gasteiger partial charge >= 0.3 is 0 Å². The third-order valence-electron chi connectivity index (χ3n) is 4.40. The molecule has 0 aromatic heterocycles. The predicted octanol–water partition coefficient (Wildman–Crippen LogP) is 9.05. The van der Waals surface area contributed by atoms with E-state index in [1.807, 2.05) is 0 Å². The first-order chi connectivity index (χ1) is 15.8. The maximum atomic E-state index is 11.5. The number of hydrogen-bond acceptors (Lipinski definition) is 4. The van der Waals surface area contributed by atoms with Crippen LogP contribution in [-0.4, -0.2) is 23.6 Å². The van der Waals surface area contributed by atoms with Crippen LogP contribution < -0.4 is 10.6 Å². The molecule has 34 heavy (non-hydrogen) atoms. The van der Waals surface area contributed by atoms with Crippen LogP contribution in [0.5, 0.6) is 0 Å². The summed E-state index contributed by atoms with van der Waals surface area (Å²) >= 11 is 26.4. The topological polar surface area (TPSA) is 92.3 Å². The number of hydrogen-bond donors (Lipinski definition) is 2. The van der Waals surface area contributed by atoms with Crippen molar-refractivity contribution < 1.29 is 19.2 Å². The van der Waals surface area contributed by atoms with Gasteiger partial charge in [-0.05, 0) is 127 Å². The summed E-state index contributed by atoms with van der Waals surface area (Å²) in [5.41, 5.74) is 1.40. The smallest absolute Gasteiger partial charge is 0.260 e. The number of nitrogens with one attached hydrogen (secondary N) is 2. The van der Waals surface area contributed by atoms with Crippen molar-refractivity contribution >= 4 is 151 Å². The van der Waals surface area contributed by atoms with Crippen LogP contribution in [0.1, 0.15) is 68.1 Å². The number of unbranched alkanes of at least 4 members (excludes halogenated alkanes) is 1. The summed E-state index contributed by atoms with van der Waals surface area (Å²) in [6, 6.07) is 0. The van der Waals surface area contributed by atoms with Crippen molar-refractivity contribution in [3.05, 3.63) is 58.0 Å². The maximum Gasteiger partial charge on any atom is 0.260 e. The highest BCUT2D eigenvalue weighted by Crippen LogP contribution is 2.44. The lowest BCUT2D eigenvalue weighted by Crippen LogP contribution is -2.20. The maximum absolute atomic E-state index is 11.5. The van der Waals surface area contributed by atoms with Crippen molar-refractivity contribution in [2.24, 2.45) is 0 Å². The van der Waals surface area contributed by atoms with E-state index in [4.69, 9.17) is 0 Å². The van der Waals surface area contributed by atoms with Crippen LogP contribution >= 0.6 is 127 Å². The number of amides is 4. The summed E-state index contributed by atoms with van der Waals surface area (Å²) in [4.78, 5) is 46.0. The van der Waals surface area contributed by atoms with E-state index in [9.17, 15) is 19.2 Å². The van der Waals surface area contributed by atoms with Crippen LogP contribution in [-0.2, 0) is 0 Å². The molecule has 182 valence electrons. The Bertz CT molecular complexity index is 1060. The van der Waals surface area contributed by atoms with Crippen LogP contribution in [0, 0.1) is 0 Å². The Balaban J connectivity index is 0.000000208. The highest BCUT2D eigenvalue weighted by molar-refractivity contribution is 9.15. The molecule has 4 rings (SSSR count). The normalized spacial score (nSPS) is 13.4. The Kier molecular flexibility index (Phi) is 11.7. The fourth-order valence-electron chi connectivity index (χ4n) is 2.57. The van der Waals surface area contributed by atoms with E-state index in [0.29, 0.717) is 58.0 Å². The zero-order valence-electron chi connectivity index (χ0n) is 17.1. The van der Waals surface area contributed by atoms with Crippen LogP contribution in [0.25, 0.3) is 0 Å². The van der Waals surface area contributed by atoms with Gasteiger partial charge in [-0.2, -0.15) is 0 Å². The van der Waals surface area contributed by atoms with Gasteiger partial charge in [-0.15, -0.1) is 0 Å². The zero-order chi connectivity index (χ0) is 26.1. The van der Waals surface area contributed by atoms with E-state index in [1.54, 1.807) is 0 Å². The molecule has 0 aliphatic carbocycles. The van der Waals surface area contributed by atoms with Crippen LogP contribution in [0.2, 0.25) is 0 Å². The van der Waals surface area contributed by atoms with Gasteiger partial charge in [0, 0.05) is 35.8 Å². The number of imide groups is 2. The summed E-state index contributed by atoms with van der Waals surface area (Å²) in [5, 5.41) is 4.48. The van der Waals surface area contributed by atoms with E-state index >= 15 is 0 Å². The second kappa shape index (κ2) is 12.9. The summed E-state index contributed by atoms with van der Waals surface area (Å²) in [6.45, 7) is 4.36. The minimum Gasteiger partial charge on any atom is -0.288 e. The molecule has 2 aromatic carbocycles. The Hall–Kier alpha value is 0.560. The molecule has 2 heterocycles. The van der Waals surface area contributed by atoms with Crippen molar-refractivity contribution in [3.8, 4) is 0 Å². The molecule has 2 aliphatic rings. The SMILES string of the molecule is CCCC.O=C1NC(=O)c2c(Br)c(Br)c(Br)c(Br)c21.O=C1NC(=O)c2c(Br)c(Br)c(Br)c(Br)c21. The van der Waals surface area contributed by atoms with Gasteiger partial charge in [-0.3, -0.25) is 29.8 Å². The molecule has 2 aliphatic heterocycles. The number of carbonyl (C=O) groups is 4. The standard InChI is InChI=1S/2C8HBr4NO2.C4H10/c2*9-3-1-2(8(15)13-7(1)14)4(10)6(12)5(3)11;1-3-4-2/h2*(H,13,14,15);3-4H2,1-2H3. The molecule has 2 aromatic rings. The highest BCUT2D eigenvalue weighted by Gasteiger charge is 2.35. The second-order valence-corrected chi connectivity index (χ2v) is 12.9. The molecule has 0 atom stereocenters. The first-order valence-electron chi connectivity index (χ1n) is 9.24. The fourth-order valence-corrected chi connectivity index (χ4v) is 7.53. The second-order valence-electron chi connectivity index (χ2n) is 6.58. The molecule has 0 spiro atoms. The summed E-state index contributed by atoms with van der Waals surface area (Å²) < 4.78 is 5.03. The van der Waals surface area contributed by atoms with Gasteiger partial charge in [0.05, 0.1) is 22.3 Å². The molecular formula is C20H12Br8N2O4. The molecule has 0 radical (unpaired) electrons. The Morgan fingerprint density at radius 3 is 0.735 bits per heavy atom. The van der Waals surface area contributed by atoms with Crippen molar-refractivity contribution in [2.75, 3.05) is 0 Å². The first-order valence-corrected chi connectivity index (χ1v) is 15.6. The molecule has 0 saturated carbocycles. The Morgan fingerprint density at radius 1 is 0.412 bits per heavy atom. The van der Waals surface area contributed by atoms with Gasteiger partial charge in [-0.1, -0.05) is 26.7 Å². The molecule has 4 amide bonds. The van der Waals surface area contributed by atoms with Crippen molar-refractivity contribution in [2.45, 2.75) is 26.7 Å². The number of carbonyl (C=O) groups excluding carboxylic acids is 4. The Labute approximate surface area is 262 Å². The lowest BCUT2D eigenvalue weighted by Gasteiger charge is -2.07. The fraction of sp³-hybridized carbons (Fsp3) is 0.200. The van der Waals surface area contributed by atoms with Crippen molar-refractivity contribution in [1.29, 1.82) is 0 Å². The lowest BCUT2D eigenvalue weighted by molar-refractivity contribution is 0.0862. The molecule has 0 bridgehead atoms. The van der Waals surface area contributed by atoms with Crippen LogP contribution in [0.4, 0.5) is 0 Å². The summed E-state index contributed by atoms with van der Waals surface area (Å²) in [6.07, 6.45) is 2.64. The van der Waals surface area contributed by atoms with E-state index in [-0.39, 0.29) is 0 Å². The molecule has 0 unspecified atom stereocenters. The quantitative estimate of drug-likeness (QED) is 0.170. The lowest BCUT2D eigenvalue weighted by atomic mass is 10.1. The van der Waals surface area contributed by atoms with Gasteiger partial charge < -0.3 is 0 Å². The number of rotatable bonds is 1. The van der Waals surface area contributed by atoms with Gasteiger partial charge in [0.2, 0.25) is 0 Å². The average molecular weight is 984 g/mol. The van der Waals surface area contributed by atoms with Crippen LogP contribution in [0.3, 0.4) is 0 Å². The molecular weight excluding hydrogens is 971 g/mol. The van der Waals surface area contributed by atoms with E-state index in [0.717, 1.165) is 0 Å². The predicted molar refractivity (Wildman–Crippen MR) is 159 cm³/mol. The zero-order valence-corrected chi connectivity index (χ0v) is 29.8. The molecule has 0 fully saturated rings. The molecule has 0 saturated heterocycles. The minimum atomic E-state index is -0.393. The third-order valence-corrected chi connectivity index (χ3v) is 13.9. The van der Waals surface area contributed by atoms with Gasteiger partial charge in [0.25, 0.3) is 23.6 Å². The van der Waals surface area contributed by atoms with E-state index in [2.05, 4.69) is 152 Å². The number of halogens is 8. The van der Waals surface area contributed by atoms with E-state index < -0.39 is 23.6 Å². The van der Waals surface area contributed by atoms with Gasteiger partial charge in [0.15, 0.2) is 0 Å². The number of fused-ring (bicyclic) bond motifs is 2. The van der Waals surface area contributed by atoms with Crippen molar-refractivity contribution in [3.63, 3.8) is 0 Å². The minimum absolute atomic E-state index is 0.349. The van der Waals surface area contributed by atoms with E-state index in [1.165, 1.54) is 12.8 Å².